The summed E-state index contributed by atoms with van der Waals surface area (Å²) in [6.07, 6.45) is 18.6. The van der Waals surface area contributed by atoms with Crippen LogP contribution in [-0.2, 0) is 13.3 Å². The van der Waals surface area contributed by atoms with E-state index < -0.39 is 25.0 Å². The van der Waals surface area contributed by atoms with Gasteiger partial charge in [-0.05, 0) is 142 Å². The summed E-state index contributed by atoms with van der Waals surface area (Å²) in [7, 11) is -5.65. The van der Waals surface area contributed by atoms with Crippen molar-refractivity contribution in [2.24, 2.45) is 29.1 Å². The fraction of sp³-hybridized carbons (Fsp3) is 0.826. The van der Waals surface area contributed by atoms with Gasteiger partial charge in [0.15, 0.2) is 25.0 Å². The summed E-state index contributed by atoms with van der Waals surface area (Å²) < 4.78 is 21.3. The van der Waals surface area contributed by atoms with Gasteiger partial charge < -0.3 is 13.3 Å². The number of hydrogen-bond acceptors (Lipinski definition) is 3. The molecule has 0 aromatic rings. The Balaban J connectivity index is 1.85. The lowest BCUT2D eigenvalue weighted by Crippen LogP contribution is -2.49. The molecule has 0 heterocycles. The van der Waals surface area contributed by atoms with Gasteiger partial charge in [0, 0.05) is 5.92 Å². The highest BCUT2D eigenvalue weighted by molar-refractivity contribution is 6.74. The minimum Gasteiger partial charge on any atom is -0.411 e. The molecule has 7 atom stereocenters. The van der Waals surface area contributed by atoms with E-state index >= 15 is 0 Å². The molecule has 3 aliphatic carbocycles. The maximum atomic E-state index is 7.14. The molecule has 3 fully saturated rings. The maximum absolute atomic E-state index is 7.14. The zero-order chi connectivity index (χ0) is 39.7. The number of allylic oxidation sites excluding steroid dienone is 4. The van der Waals surface area contributed by atoms with Crippen LogP contribution in [0.2, 0.25) is 54.4 Å². The van der Waals surface area contributed by atoms with Gasteiger partial charge in [-0.2, -0.15) is 0 Å². The molecular formula is C46H86O3Si3. The molecule has 0 radical (unpaired) electrons. The summed E-state index contributed by atoms with van der Waals surface area (Å²) in [5.41, 5.74) is 4.56. The molecule has 3 saturated carbocycles. The molecule has 0 bridgehead atoms. The van der Waals surface area contributed by atoms with Crippen molar-refractivity contribution < 1.29 is 13.3 Å². The smallest absolute Gasteiger partial charge is 0.192 e. The second kappa shape index (κ2) is 16.9. The normalized spacial score (nSPS) is 29.2. The Bertz CT molecular complexity index is 1250. The van der Waals surface area contributed by atoms with Crippen molar-refractivity contribution >= 4 is 25.0 Å². The first-order chi connectivity index (χ1) is 23.7. The summed E-state index contributed by atoms with van der Waals surface area (Å²) >= 11 is 0. The Morgan fingerprint density at radius 1 is 0.788 bits per heavy atom. The van der Waals surface area contributed by atoms with Gasteiger partial charge >= 0.3 is 0 Å². The van der Waals surface area contributed by atoms with E-state index in [9.17, 15) is 0 Å². The highest BCUT2D eigenvalue weighted by atomic mass is 28.4. The van der Waals surface area contributed by atoms with Gasteiger partial charge in [0.1, 0.15) is 0 Å². The van der Waals surface area contributed by atoms with Crippen molar-refractivity contribution in [3.05, 3.63) is 47.6 Å². The van der Waals surface area contributed by atoms with E-state index in [1.807, 2.05) is 0 Å². The summed E-state index contributed by atoms with van der Waals surface area (Å²) in [6, 6.07) is 3.61. The van der Waals surface area contributed by atoms with Crippen molar-refractivity contribution in [3.63, 3.8) is 0 Å². The molecule has 3 rings (SSSR count). The molecule has 2 unspecified atom stereocenters. The van der Waals surface area contributed by atoms with E-state index in [1.165, 1.54) is 55.8 Å². The van der Waals surface area contributed by atoms with Gasteiger partial charge in [0.2, 0.25) is 0 Å². The molecule has 0 saturated heterocycles. The van der Waals surface area contributed by atoms with Crippen LogP contribution in [0.3, 0.4) is 0 Å². The monoisotopic (exact) mass is 771 g/mol. The average Bonchev–Trinajstić information content (AvgIpc) is 3.39. The lowest BCUT2D eigenvalue weighted by atomic mass is 9.61. The van der Waals surface area contributed by atoms with Crippen LogP contribution in [0.25, 0.3) is 0 Å². The van der Waals surface area contributed by atoms with E-state index in [0.29, 0.717) is 23.2 Å². The minimum atomic E-state index is -1.99. The second-order valence-electron chi connectivity index (χ2n) is 21.4. The molecule has 0 aromatic carbocycles. The Morgan fingerprint density at radius 2 is 1.29 bits per heavy atom. The van der Waals surface area contributed by atoms with Gasteiger partial charge in [-0.1, -0.05) is 125 Å². The molecular weight excluding hydrogens is 685 g/mol. The lowest BCUT2D eigenvalue weighted by molar-refractivity contribution is 0.0584. The minimum absolute atomic E-state index is 0.0247. The first-order valence-corrected chi connectivity index (χ1v) is 29.8. The third-order valence-electron chi connectivity index (χ3n) is 15.6. The summed E-state index contributed by atoms with van der Waals surface area (Å²) in [5, 5.41) is 0.303. The van der Waals surface area contributed by atoms with E-state index in [0.717, 1.165) is 24.3 Å². The van der Waals surface area contributed by atoms with Crippen LogP contribution in [0.15, 0.2) is 47.6 Å². The Labute approximate surface area is 327 Å². The van der Waals surface area contributed by atoms with Crippen molar-refractivity contribution in [3.8, 4) is 0 Å². The highest BCUT2D eigenvalue weighted by Gasteiger charge is 2.51. The number of fused-ring (bicyclic) bond motifs is 1. The molecule has 300 valence electrons. The van der Waals surface area contributed by atoms with Crippen molar-refractivity contribution in [1.29, 1.82) is 0 Å². The third kappa shape index (κ3) is 10.3. The van der Waals surface area contributed by atoms with Crippen LogP contribution in [0.5, 0.6) is 0 Å². The molecule has 3 nitrogen and oxygen atoms in total. The zero-order valence-corrected chi connectivity index (χ0v) is 40.8. The zero-order valence-electron chi connectivity index (χ0n) is 37.8. The number of hydrogen-bond donors (Lipinski definition) is 0. The molecule has 3 aliphatic rings. The van der Waals surface area contributed by atoms with Gasteiger partial charge in [0.25, 0.3) is 0 Å². The SMILES string of the molecule is C=C1[C@H](O[Si](C)(C)C(C)(C)C)CC(=CC=C2CCC[C@@]3(C)C2CCC3[C@H](C)C=C[C@@H](C)C(C)(C)O[Si](CC)(CC)CC)C[C@H]1O[Si](C)(C)C(C)(C)C. The fourth-order valence-corrected chi connectivity index (χ4v) is 15.0. The average molecular weight is 771 g/mol. The summed E-state index contributed by atoms with van der Waals surface area (Å²) in [4.78, 5) is 0. The summed E-state index contributed by atoms with van der Waals surface area (Å²) in [6.45, 7) is 47.5. The van der Waals surface area contributed by atoms with Crippen LogP contribution >= 0.6 is 0 Å². The van der Waals surface area contributed by atoms with Gasteiger partial charge in [-0.3, -0.25) is 0 Å². The lowest BCUT2D eigenvalue weighted by Gasteiger charge is -2.46. The molecule has 0 aromatic heterocycles. The van der Waals surface area contributed by atoms with E-state index in [2.05, 4.69) is 154 Å². The largest absolute Gasteiger partial charge is 0.411 e. The van der Waals surface area contributed by atoms with Gasteiger partial charge in [0.05, 0.1) is 17.8 Å². The first-order valence-electron chi connectivity index (χ1n) is 21.5. The molecule has 0 N–H and O–H groups in total. The van der Waals surface area contributed by atoms with E-state index in [4.69, 9.17) is 13.3 Å². The molecule has 6 heteroatoms. The molecule has 0 amide bonds. The summed E-state index contributed by atoms with van der Waals surface area (Å²) in [5.74, 6) is 2.37. The van der Waals surface area contributed by atoms with E-state index in [-0.39, 0.29) is 27.9 Å². The standard InChI is InChI=1S/C46H86O3Si3/c1-20-52(21-2,22-3)49-45(13,14)35(5)26-25-34(4)39-29-30-40-38(24-23-31-46(39,40)15)28-27-37-32-41(47-50(16,17)43(7,8)9)36(6)42(33-37)48-51(18,19)44(10,11)12/h25-28,34-35,39-42H,6,20-24,29-33H2,1-5,7-19H3/t34-,35-,39?,40?,41-,42-,46-/m1/s1. The van der Waals surface area contributed by atoms with Gasteiger partial charge in [-0.25, -0.2) is 0 Å². The predicted octanol–water partition coefficient (Wildman–Crippen LogP) is 14.8. The molecule has 52 heavy (non-hydrogen) atoms. The number of rotatable bonds is 14. The van der Waals surface area contributed by atoms with Crippen molar-refractivity contribution in [2.75, 3.05) is 0 Å². The van der Waals surface area contributed by atoms with Gasteiger partial charge in [-0.15, -0.1) is 0 Å². The van der Waals surface area contributed by atoms with Crippen LogP contribution < -0.4 is 0 Å². The highest BCUT2D eigenvalue weighted by Crippen LogP contribution is 2.59. The first kappa shape index (κ1) is 45.9. The Hall–Kier alpha value is -0.509. The predicted molar refractivity (Wildman–Crippen MR) is 237 cm³/mol. The Morgan fingerprint density at radius 3 is 1.75 bits per heavy atom. The van der Waals surface area contributed by atoms with Crippen molar-refractivity contribution in [2.45, 2.75) is 214 Å². The quantitative estimate of drug-likeness (QED) is 0.130. The Kier molecular flexibility index (Phi) is 14.9. The fourth-order valence-electron chi connectivity index (χ4n) is 9.16. The molecule has 0 aliphatic heterocycles. The van der Waals surface area contributed by atoms with Crippen LogP contribution in [-0.4, -0.2) is 42.8 Å². The molecule has 0 spiro atoms. The third-order valence-corrected chi connectivity index (χ3v) is 29.4. The van der Waals surface area contributed by atoms with Crippen LogP contribution in [0.4, 0.5) is 0 Å². The van der Waals surface area contributed by atoms with Crippen molar-refractivity contribution in [1.82, 2.24) is 0 Å². The van der Waals surface area contributed by atoms with E-state index in [1.54, 1.807) is 5.57 Å². The van der Waals surface area contributed by atoms with Crippen LogP contribution in [0, 0.1) is 29.1 Å². The topological polar surface area (TPSA) is 27.7 Å². The maximum Gasteiger partial charge on any atom is 0.192 e. The second-order valence-corrected chi connectivity index (χ2v) is 35.6. The van der Waals surface area contributed by atoms with Crippen LogP contribution in [0.1, 0.15) is 142 Å².